The van der Waals surface area contributed by atoms with Crippen LogP contribution in [0.25, 0.3) is 0 Å². The highest BCUT2D eigenvalue weighted by atomic mass is 16.5. The van der Waals surface area contributed by atoms with Crippen LogP contribution < -0.4 is 18.9 Å². The SMILES string of the molecule is COc1ccc(C2COc3cc(O)c(CC=C(C)C)c(O)c3C2=O)c(OC)c1OC. The third kappa shape index (κ3) is 3.63. The second kappa shape index (κ2) is 8.57. The molecule has 1 atom stereocenters. The van der Waals surface area contributed by atoms with E-state index in [1.54, 1.807) is 12.1 Å². The Balaban J connectivity index is 2.10. The highest BCUT2D eigenvalue weighted by Crippen LogP contribution is 2.48. The van der Waals surface area contributed by atoms with Gasteiger partial charge in [-0.25, -0.2) is 0 Å². The van der Waals surface area contributed by atoms with Gasteiger partial charge >= 0.3 is 0 Å². The summed E-state index contributed by atoms with van der Waals surface area (Å²) in [5.74, 6) is -0.0567. The average Bonchev–Trinajstić information content (AvgIpc) is 2.72. The summed E-state index contributed by atoms with van der Waals surface area (Å²) < 4.78 is 22.0. The van der Waals surface area contributed by atoms with Gasteiger partial charge in [0.05, 0.1) is 27.2 Å². The summed E-state index contributed by atoms with van der Waals surface area (Å²) in [7, 11) is 4.49. The van der Waals surface area contributed by atoms with Gasteiger partial charge in [0.25, 0.3) is 0 Å². The smallest absolute Gasteiger partial charge is 0.203 e. The molecule has 0 spiro atoms. The lowest BCUT2D eigenvalue weighted by Gasteiger charge is -2.28. The first kappa shape index (κ1) is 21.4. The quantitative estimate of drug-likeness (QED) is 0.690. The number of ether oxygens (including phenoxy) is 4. The van der Waals surface area contributed by atoms with Crippen LogP contribution in [0.5, 0.6) is 34.5 Å². The summed E-state index contributed by atoms with van der Waals surface area (Å²) in [6.45, 7) is 3.87. The predicted molar refractivity (Wildman–Crippen MR) is 112 cm³/mol. The van der Waals surface area contributed by atoms with Crippen molar-refractivity contribution in [2.24, 2.45) is 0 Å². The zero-order valence-corrected chi connectivity index (χ0v) is 17.7. The second-order valence-electron chi connectivity index (χ2n) is 7.23. The molecule has 1 heterocycles. The Morgan fingerprint density at radius 2 is 1.83 bits per heavy atom. The molecular weight excluding hydrogens is 388 g/mol. The van der Waals surface area contributed by atoms with Crippen LogP contribution in [-0.4, -0.2) is 43.9 Å². The number of fused-ring (bicyclic) bond motifs is 1. The molecule has 7 heteroatoms. The fourth-order valence-electron chi connectivity index (χ4n) is 3.58. The Hall–Kier alpha value is -3.35. The van der Waals surface area contributed by atoms with E-state index in [0.717, 1.165) is 5.57 Å². The van der Waals surface area contributed by atoms with Crippen LogP contribution in [0.3, 0.4) is 0 Å². The molecule has 160 valence electrons. The fourth-order valence-corrected chi connectivity index (χ4v) is 3.58. The summed E-state index contributed by atoms with van der Waals surface area (Å²) in [6.07, 6.45) is 2.16. The number of hydrogen-bond acceptors (Lipinski definition) is 7. The number of aromatic hydroxyl groups is 2. The summed E-state index contributed by atoms with van der Waals surface area (Å²) in [6, 6.07) is 4.79. The molecule has 0 fully saturated rings. The normalized spacial score (nSPS) is 15.1. The number of Topliss-reactive ketones (excluding diaryl/α,β-unsaturated/α-hetero) is 1. The van der Waals surface area contributed by atoms with Gasteiger partial charge in [0.2, 0.25) is 5.75 Å². The van der Waals surface area contributed by atoms with Crippen LogP contribution >= 0.6 is 0 Å². The van der Waals surface area contributed by atoms with Crippen LogP contribution in [-0.2, 0) is 6.42 Å². The molecule has 30 heavy (non-hydrogen) atoms. The molecule has 1 aliphatic heterocycles. The first-order chi connectivity index (χ1) is 14.3. The number of phenolic OH excluding ortho intramolecular Hbond substituents is 2. The molecule has 2 N–H and O–H groups in total. The molecule has 1 aliphatic rings. The number of rotatable bonds is 6. The minimum absolute atomic E-state index is 0.0316. The highest BCUT2D eigenvalue weighted by molar-refractivity contribution is 6.07. The molecule has 0 aliphatic carbocycles. The number of methoxy groups -OCH3 is 3. The van der Waals surface area contributed by atoms with E-state index in [-0.39, 0.29) is 40.8 Å². The Morgan fingerprint density at radius 3 is 2.43 bits per heavy atom. The number of phenols is 2. The first-order valence-electron chi connectivity index (χ1n) is 9.51. The van der Waals surface area contributed by atoms with E-state index in [1.165, 1.54) is 27.4 Å². The zero-order valence-electron chi connectivity index (χ0n) is 17.7. The van der Waals surface area contributed by atoms with E-state index in [9.17, 15) is 15.0 Å². The molecule has 0 aromatic heterocycles. The van der Waals surface area contributed by atoms with Gasteiger partial charge in [-0.3, -0.25) is 4.79 Å². The number of carbonyl (C=O) groups is 1. The van der Waals surface area contributed by atoms with E-state index < -0.39 is 5.92 Å². The highest BCUT2D eigenvalue weighted by Gasteiger charge is 2.37. The van der Waals surface area contributed by atoms with E-state index in [4.69, 9.17) is 18.9 Å². The second-order valence-corrected chi connectivity index (χ2v) is 7.23. The topological polar surface area (TPSA) is 94.5 Å². The lowest BCUT2D eigenvalue weighted by atomic mass is 9.86. The summed E-state index contributed by atoms with van der Waals surface area (Å²) in [5.41, 5.74) is 1.93. The van der Waals surface area contributed by atoms with Crippen LogP contribution in [0.2, 0.25) is 0 Å². The number of ketones is 1. The van der Waals surface area contributed by atoms with E-state index in [0.29, 0.717) is 29.2 Å². The van der Waals surface area contributed by atoms with Crippen molar-refractivity contribution in [2.45, 2.75) is 26.2 Å². The molecule has 0 bridgehead atoms. The summed E-state index contributed by atoms with van der Waals surface area (Å²) >= 11 is 0. The molecule has 2 aromatic carbocycles. The van der Waals surface area contributed by atoms with Crippen molar-refractivity contribution in [3.63, 3.8) is 0 Å². The molecule has 0 radical (unpaired) electrons. The third-order valence-corrected chi connectivity index (χ3v) is 5.14. The molecule has 0 saturated carbocycles. The Bertz CT molecular complexity index is 1000. The zero-order chi connectivity index (χ0) is 22.0. The lowest BCUT2D eigenvalue weighted by Crippen LogP contribution is -2.27. The summed E-state index contributed by atoms with van der Waals surface area (Å²) in [5, 5.41) is 21.1. The monoisotopic (exact) mass is 414 g/mol. The lowest BCUT2D eigenvalue weighted by molar-refractivity contribution is 0.0889. The number of hydrogen-bond donors (Lipinski definition) is 2. The van der Waals surface area contributed by atoms with Crippen molar-refractivity contribution in [3.8, 4) is 34.5 Å². The van der Waals surface area contributed by atoms with Crippen LogP contribution in [0.15, 0.2) is 29.8 Å². The van der Waals surface area contributed by atoms with Gasteiger partial charge in [-0.15, -0.1) is 0 Å². The van der Waals surface area contributed by atoms with Gasteiger partial charge < -0.3 is 29.2 Å². The van der Waals surface area contributed by atoms with Crippen LogP contribution in [0.1, 0.15) is 41.3 Å². The predicted octanol–water partition coefficient (Wildman–Crippen LogP) is 3.99. The molecule has 7 nitrogen and oxygen atoms in total. The van der Waals surface area contributed by atoms with Crippen molar-refractivity contribution in [2.75, 3.05) is 27.9 Å². The third-order valence-electron chi connectivity index (χ3n) is 5.14. The van der Waals surface area contributed by atoms with Crippen molar-refractivity contribution in [3.05, 3.63) is 46.5 Å². The molecule has 0 amide bonds. The van der Waals surface area contributed by atoms with Gasteiger partial charge in [0.1, 0.15) is 29.4 Å². The first-order valence-corrected chi connectivity index (χ1v) is 9.51. The molecule has 1 unspecified atom stereocenters. The van der Waals surface area contributed by atoms with Gasteiger partial charge in [-0.2, -0.15) is 0 Å². The molecular formula is C23H26O7. The number of carbonyl (C=O) groups excluding carboxylic acids is 1. The van der Waals surface area contributed by atoms with Gasteiger partial charge in [0, 0.05) is 17.2 Å². The Labute approximate surface area is 175 Å². The maximum absolute atomic E-state index is 13.4. The number of allylic oxidation sites excluding steroid dienone is 2. The van der Waals surface area contributed by atoms with E-state index in [2.05, 4.69) is 0 Å². The van der Waals surface area contributed by atoms with Crippen molar-refractivity contribution in [1.82, 2.24) is 0 Å². The van der Waals surface area contributed by atoms with Crippen molar-refractivity contribution >= 4 is 5.78 Å². The van der Waals surface area contributed by atoms with Gasteiger partial charge in [-0.1, -0.05) is 17.7 Å². The minimum Gasteiger partial charge on any atom is -0.507 e. The molecule has 3 rings (SSSR count). The fraction of sp³-hybridized carbons (Fsp3) is 0.348. The maximum atomic E-state index is 13.4. The number of benzene rings is 2. The minimum atomic E-state index is -0.723. The van der Waals surface area contributed by atoms with Gasteiger partial charge in [-0.05, 0) is 26.3 Å². The van der Waals surface area contributed by atoms with E-state index in [1.807, 2.05) is 19.9 Å². The van der Waals surface area contributed by atoms with E-state index >= 15 is 0 Å². The Kier molecular flexibility index (Phi) is 6.10. The maximum Gasteiger partial charge on any atom is 0.203 e. The van der Waals surface area contributed by atoms with Crippen LogP contribution in [0.4, 0.5) is 0 Å². The van der Waals surface area contributed by atoms with Gasteiger partial charge in [0.15, 0.2) is 17.3 Å². The average molecular weight is 414 g/mol. The Morgan fingerprint density at radius 1 is 1.13 bits per heavy atom. The largest absolute Gasteiger partial charge is 0.507 e. The molecule has 2 aromatic rings. The van der Waals surface area contributed by atoms with Crippen molar-refractivity contribution < 1.29 is 34.0 Å². The molecule has 0 saturated heterocycles. The summed E-state index contributed by atoms with van der Waals surface area (Å²) in [4.78, 5) is 13.4. The van der Waals surface area contributed by atoms with Crippen molar-refractivity contribution in [1.29, 1.82) is 0 Å². The van der Waals surface area contributed by atoms with Crippen LogP contribution in [0, 0.1) is 0 Å². The standard InChI is InChI=1S/C23H26O7/c1-12(2)6-7-14-16(24)10-18-19(20(14)25)21(26)15(11-30-18)13-8-9-17(27-3)23(29-5)22(13)28-4/h6,8-10,15,24-25H,7,11H2,1-5H3.